The van der Waals surface area contributed by atoms with E-state index in [2.05, 4.69) is 42.3 Å². The summed E-state index contributed by atoms with van der Waals surface area (Å²) in [5, 5.41) is 13.9. The van der Waals surface area contributed by atoms with Crippen LogP contribution in [0.3, 0.4) is 0 Å². The third-order valence-corrected chi connectivity index (χ3v) is 8.52. The molecule has 1 saturated heterocycles. The summed E-state index contributed by atoms with van der Waals surface area (Å²) in [7, 11) is -3.78. The van der Waals surface area contributed by atoms with Crippen molar-refractivity contribution in [1.82, 2.24) is 9.29 Å². The summed E-state index contributed by atoms with van der Waals surface area (Å²) in [6.45, 7) is 5.84. The van der Waals surface area contributed by atoms with E-state index >= 15 is 0 Å². The Hall–Kier alpha value is -2.82. The number of nitro benzene ring substituents is 1. The Morgan fingerprint density at radius 2 is 1.81 bits per heavy atom. The number of sulfonamides is 1. The zero-order valence-corrected chi connectivity index (χ0v) is 19.5. The zero-order chi connectivity index (χ0) is 22.9. The van der Waals surface area contributed by atoms with Crippen LogP contribution in [0.15, 0.2) is 52.7 Å². The summed E-state index contributed by atoms with van der Waals surface area (Å²) < 4.78 is 27.3. The van der Waals surface area contributed by atoms with Crippen molar-refractivity contribution in [2.75, 3.05) is 31.1 Å². The predicted molar refractivity (Wildman–Crippen MR) is 125 cm³/mol. The number of thiazole rings is 1. The number of aromatic nitrogens is 1. The molecule has 0 aliphatic carbocycles. The summed E-state index contributed by atoms with van der Waals surface area (Å²) in [6, 6.07) is 11.6. The van der Waals surface area contributed by atoms with Gasteiger partial charge >= 0.3 is 0 Å². The van der Waals surface area contributed by atoms with Crippen LogP contribution >= 0.6 is 11.3 Å². The minimum absolute atomic E-state index is 0.0509. The fourth-order valence-corrected chi connectivity index (χ4v) is 6.01. The summed E-state index contributed by atoms with van der Waals surface area (Å²) in [5.41, 5.74) is 4.52. The third kappa shape index (κ3) is 4.67. The highest BCUT2D eigenvalue weighted by Gasteiger charge is 2.30. The van der Waals surface area contributed by atoms with E-state index in [1.165, 1.54) is 39.2 Å². The number of non-ortho nitro benzene ring substituents is 1. The lowest BCUT2D eigenvalue weighted by atomic mass is 10.0. The first-order valence-corrected chi connectivity index (χ1v) is 12.6. The van der Waals surface area contributed by atoms with Crippen molar-refractivity contribution in [3.8, 4) is 0 Å². The molecule has 1 aliphatic rings. The number of hydrogen-bond donors (Lipinski definition) is 0. The number of anilines is 1. The van der Waals surface area contributed by atoms with Crippen molar-refractivity contribution in [2.45, 2.75) is 25.2 Å². The number of benzene rings is 2. The fraction of sp³-hybridized carbons (Fsp3) is 0.318. The third-order valence-electron chi connectivity index (χ3n) is 5.67. The van der Waals surface area contributed by atoms with E-state index in [1.807, 2.05) is 0 Å². The maximum Gasteiger partial charge on any atom is 0.270 e. The highest BCUT2D eigenvalue weighted by Crippen LogP contribution is 2.26. The summed E-state index contributed by atoms with van der Waals surface area (Å²) in [6.07, 6.45) is 0.763. The largest absolute Gasteiger partial charge is 0.345 e. The van der Waals surface area contributed by atoms with Crippen LogP contribution in [0.2, 0.25) is 0 Å². The molecule has 0 N–H and O–H groups in total. The quantitative estimate of drug-likeness (QED) is 0.400. The van der Waals surface area contributed by atoms with Gasteiger partial charge < -0.3 is 4.90 Å². The Labute approximate surface area is 191 Å². The molecule has 32 heavy (non-hydrogen) atoms. The molecular weight excluding hydrogens is 448 g/mol. The lowest BCUT2D eigenvalue weighted by Gasteiger charge is -2.33. The van der Waals surface area contributed by atoms with E-state index in [0.29, 0.717) is 26.2 Å². The highest BCUT2D eigenvalue weighted by atomic mass is 32.2. The van der Waals surface area contributed by atoms with E-state index in [0.717, 1.165) is 23.3 Å². The van der Waals surface area contributed by atoms with Gasteiger partial charge in [0.05, 0.1) is 15.5 Å². The molecule has 1 aromatic heterocycles. The molecular formula is C22H24N4O4S2. The second kappa shape index (κ2) is 8.97. The number of aryl methyl sites for hydroxylation is 2. The van der Waals surface area contributed by atoms with Crippen molar-refractivity contribution in [1.29, 1.82) is 0 Å². The Morgan fingerprint density at radius 1 is 1.06 bits per heavy atom. The van der Waals surface area contributed by atoms with Crippen molar-refractivity contribution in [3.05, 3.63) is 80.3 Å². The second-order valence-corrected chi connectivity index (χ2v) is 10.6. The van der Waals surface area contributed by atoms with Gasteiger partial charge in [-0.3, -0.25) is 10.1 Å². The minimum Gasteiger partial charge on any atom is -0.345 e. The lowest BCUT2D eigenvalue weighted by molar-refractivity contribution is -0.385. The number of hydrogen-bond acceptors (Lipinski definition) is 7. The molecule has 1 fully saturated rings. The molecule has 0 saturated carbocycles. The van der Waals surface area contributed by atoms with Crippen LogP contribution in [0.4, 0.5) is 10.8 Å². The molecule has 0 bridgehead atoms. The topological polar surface area (TPSA) is 96.7 Å². The summed E-state index contributed by atoms with van der Waals surface area (Å²) >= 11 is 1.56. The van der Waals surface area contributed by atoms with Crippen molar-refractivity contribution in [2.24, 2.45) is 0 Å². The minimum atomic E-state index is -3.78. The van der Waals surface area contributed by atoms with E-state index < -0.39 is 14.9 Å². The smallest absolute Gasteiger partial charge is 0.270 e. The summed E-state index contributed by atoms with van der Waals surface area (Å²) in [4.78, 5) is 17.2. The normalized spacial score (nSPS) is 15.1. The Balaban J connectivity index is 1.41. The molecule has 8 nitrogen and oxygen atoms in total. The van der Waals surface area contributed by atoms with Crippen LogP contribution in [0, 0.1) is 24.0 Å². The molecule has 0 unspecified atom stereocenters. The summed E-state index contributed by atoms with van der Waals surface area (Å²) in [5.74, 6) is 0. The molecule has 3 aromatic rings. The fourth-order valence-electron chi connectivity index (χ4n) is 3.67. The van der Waals surface area contributed by atoms with E-state index in [4.69, 9.17) is 4.98 Å². The van der Waals surface area contributed by atoms with E-state index in [1.54, 1.807) is 11.3 Å². The standard InChI is InChI=1S/C22H24N4O4S2/c1-16-6-7-18(12-17(16)2)13-19-15-31-22(23-19)24-8-10-25(11-9-24)32(29,30)21-5-3-4-20(14-21)26(27)28/h3-7,12,14-15H,8-11,13H2,1-2H3. The van der Waals surface area contributed by atoms with Crippen LogP contribution in [0.5, 0.6) is 0 Å². The van der Waals surface area contributed by atoms with Crippen LogP contribution in [0.1, 0.15) is 22.4 Å². The molecule has 0 atom stereocenters. The van der Waals surface area contributed by atoms with Gasteiger partial charge in [-0.15, -0.1) is 11.3 Å². The molecule has 168 valence electrons. The lowest BCUT2D eigenvalue weighted by Crippen LogP contribution is -2.48. The van der Waals surface area contributed by atoms with Crippen LogP contribution in [-0.2, 0) is 16.4 Å². The van der Waals surface area contributed by atoms with Gasteiger partial charge in [-0.05, 0) is 36.6 Å². The van der Waals surface area contributed by atoms with Gasteiger partial charge in [0.1, 0.15) is 0 Å². The van der Waals surface area contributed by atoms with Gasteiger partial charge in [0.25, 0.3) is 5.69 Å². The van der Waals surface area contributed by atoms with Gasteiger partial charge in [0, 0.05) is 50.1 Å². The van der Waals surface area contributed by atoms with E-state index in [-0.39, 0.29) is 10.6 Å². The molecule has 0 spiro atoms. The van der Waals surface area contributed by atoms with Gasteiger partial charge in [0.15, 0.2) is 5.13 Å². The Morgan fingerprint density at radius 3 is 2.50 bits per heavy atom. The van der Waals surface area contributed by atoms with Crippen LogP contribution < -0.4 is 4.90 Å². The predicted octanol–water partition coefficient (Wildman–Crippen LogP) is 3.77. The van der Waals surface area contributed by atoms with E-state index in [9.17, 15) is 18.5 Å². The first-order valence-electron chi connectivity index (χ1n) is 10.2. The molecule has 0 radical (unpaired) electrons. The SMILES string of the molecule is Cc1ccc(Cc2csc(N3CCN(S(=O)(=O)c4cccc([N+](=O)[O-])c4)CC3)n2)cc1C. The highest BCUT2D eigenvalue weighted by molar-refractivity contribution is 7.89. The zero-order valence-electron chi connectivity index (χ0n) is 17.9. The van der Waals surface area contributed by atoms with Crippen LogP contribution in [-0.4, -0.2) is 48.8 Å². The van der Waals surface area contributed by atoms with Gasteiger partial charge in [-0.25, -0.2) is 13.4 Å². The Bertz CT molecular complexity index is 1250. The molecule has 0 amide bonds. The molecule has 2 heterocycles. The van der Waals surface area contributed by atoms with Crippen LogP contribution in [0.25, 0.3) is 0 Å². The maximum absolute atomic E-state index is 12.9. The molecule has 2 aromatic carbocycles. The first kappa shape index (κ1) is 22.4. The average Bonchev–Trinajstić information content (AvgIpc) is 3.25. The van der Waals surface area contributed by atoms with Crippen molar-refractivity contribution >= 4 is 32.2 Å². The average molecular weight is 473 g/mol. The van der Waals surface area contributed by atoms with Gasteiger partial charge in [-0.2, -0.15) is 4.31 Å². The monoisotopic (exact) mass is 472 g/mol. The maximum atomic E-state index is 12.9. The first-order chi connectivity index (χ1) is 15.2. The molecule has 4 rings (SSSR count). The van der Waals surface area contributed by atoms with Crippen molar-refractivity contribution in [3.63, 3.8) is 0 Å². The number of nitrogens with zero attached hydrogens (tertiary/aromatic N) is 4. The van der Waals surface area contributed by atoms with Gasteiger partial charge in [-0.1, -0.05) is 24.3 Å². The molecule has 1 aliphatic heterocycles. The number of rotatable bonds is 6. The number of nitro groups is 1. The van der Waals surface area contributed by atoms with Gasteiger partial charge in [0.2, 0.25) is 10.0 Å². The molecule has 10 heteroatoms. The van der Waals surface area contributed by atoms with Crippen molar-refractivity contribution < 1.29 is 13.3 Å². The Kier molecular flexibility index (Phi) is 6.27. The number of piperazine rings is 1. The second-order valence-electron chi connectivity index (χ2n) is 7.86.